The van der Waals surface area contributed by atoms with Gasteiger partial charge in [-0.2, -0.15) is 4.57 Å². The highest BCUT2D eigenvalue weighted by molar-refractivity contribution is 6.30. The van der Waals surface area contributed by atoms with Gasteiger partial charge < -0.3 is 5.32 Å². The van der Waals surface area contributed by atoms with E-state index in [0.29, 0.717) is 11.6 Å². The fourth-order valence-electron chi connectivity index (χ4n) is 2.32. The van der Waals surface area contributed by atoms with Crippen LogP contribution in [0.1, 0.15) is 36.7 Å². The van der Waals surface area contributed by atoms with Crippen LogP contribution in [-0.2, 0) is 17.8 Å². The number of aryl methyl sites for hydroxylation is 2. The maximum absolute atomic E-state index is 12.3. The van der Waals surface area contributed by atoms with E-state index in [-0.39, 0.29) is 11.9 Å². The van der Waals surface area contributed by atoms with Gasteiger partial charge in [-0.3, -0.25) is 4.79 Å². The average Bonchev–Trinajstić information content (AvgIpc) is 2.50. The number of aromatic nitrogens is 1. The molecule has 1 aromatic carbocycles. The Kier molecular flexibility index (Phi) is 5.56. The molecule has 0 saturated heterocycles. The smallest absolute Gasteiger partial charge is 0.286 e. The second-order valence-electron chi connectivity index (χ2n) is 5.50. The molecule has 116 valence electrons. The molecule has 0 aliphatic heterocycles. The molecule has 0 radical (unpaired) electrons. The van der Waals surface area contributed by atoms with E-state index in [9.17, 15) is 4.79 Å². The molecule has 3 nitrogen and oxygen atoms in total. The molecule has 0 saturated carbocycles. The van der Waals surface area contributed by atoms with E-state index < -0.39 is 0 Å². The highest BCUT2D eigenvalue weighted by atomic mass is 35.5. The average molecular weight is 318 g/mol. The summed E-state index contributed by atoms with van der Waals surface area (Å²) in [5, 5.41) is 3.72. The molecule has 0 bridgehead atoms. The lowest BCUT2D eigenvalue weighted by Crippen LogP contribution is -2.45. The Morgan fingerprint density at radius 1 is 1.23 bits per heavy atom. The second kappa shape index (κ2) is 7.41. The highest BCUT2D eigenvalue weighted by Crippen LogP contribution is 2.15. The van der Waals surface area contributed by atoms with Crippen LogP contribution in [0.15, 0.2) is 42.6 Å². The first-order valence-electron chi connectivity index (χ1n) is 7.53. The number of nitrogens with zero attached hydrogens (tertiary/aromatic N) is 1. The first-order chi connectivity index (χ1) is 10.5. The van der Waals surface area contributed by atoms with Gasteiger partial charge in [0.1, 0.15) is 0 Å². The Morgan fingerprint density at radius 2 is 1.91 bits per heavy atom. The number of carbonyl (C=O) groups excluding carboxylic acids is 1. The normalized spacial score (nSPS) is 12.0. The van der Waals surface area contributed by atoms with Gasteiger partial charge in [-0.15, -0.1) is 0 Å². The van der Waals surface area contributed by atoms with Gasteiger partial charge in [0.2, 0.25) is 6.54 Å². The van der Waals surface area contributed by atoms with E-state index in [0.717, 1.165) is 17.7 Å². The summed E-state index contributed by atoms with van der Waals surface area (Å²) in [4.78, 5) is 12.3. The van der Waals surface area contributed by atoms with Crippen LogP contribution >= 0.6 is 11.6 Å². The summed E-state index contributed by atoms with van der Waals surface area (Å²) in [5.41, 5.74) is 3.34. The second-order valence-corrected chi connectivity index (χ2v) is 5.94. The number of amides is 1. The van der Waals surface area contributed by atoms with Gasteiger partial charge in [-0.25, -0.2) is 0 Å². The molecule has 1 amide bonds. The number of benzene rings is 1. The molecular formula is C18H22ClN2O+. The van der Waals surface area contributed by atoms with Crippen molar-refractivity contribution in [3.63, 3.8) is 0 Å². The minimum Gasteiger partial charge on any atom is -0.344 e. The van der Waals surface area contributed by atoms with Crippen LogP contribution in [0.25, 0.3) is 0 Å². The number of nitrogens with one attached hydrogen (secondary N) is 1. The molecule has 1 aromatic heterocycles. The van der Waals surface area contributed by atoms with E-state index in [4.69, 9.17) is 11.6 Å². The lowest BCUT2D eigenvalue weighted by Gasteiger charge is -2.13. The Hall–Kier alpha value is -1.87. The summed E-state index contributed by atoms with van der Waals surface area (Å²) in [6, 6.07) is 11.6. The predicted octanol–water partition coefficient (Wildman–Crippen LogP) is 3.38. The number of hydrogen-bond acceptors (Lipinski definition) is 1. The van der Waals surface area contributed by atoms with Crippen molar-refractivity contribution in [1.82, 2.24) is 5.32 Å². The zero-order chi connectivity index (χ0) is 16.1. The molecule has 0 aliphatic carbocycles. The topological polar surface area (TPSA) is 33.0 Å². The SMILES string of the molecule is CCc1ccc(C)[n+](CC(=O)N[C@@H](C)c2ccc(Cl)cc2)c1. The molecule has 1 heterocycles. The van der Waals surface area contributed by atoms with Crippen LogP contribution in [0.5, 0.6) is 0 Å². The number of rotatable bonds is 5. The summed E-state index contributed by atoms with van der Waals surface area (Å²) >= 11 is 5.88. The van der Waals surface area contributed by atoms with E-state index in [1.165, 1.54) is 5.56 Å². The largest absolute Gasteiger partial charge is 0.344 e. The molecule has 0 spiro atoms. The number of halogens is 1. The van der Waals surface area contributed by atoms with Crippen molar-refractivity contribution in [1.29, 1.82) is 0 Å². The Labute approximate surface area is 136 Å². The van der Waals surface area contributed by atoms with Crippen LogP contribution in [0, 0.1) is 6.92 Å². The van der Waals surface area contributed by atoms with Gasteiger partial charge in [0, 0.05) is 23.6 Å². The Bertz CT molecular complexity index is 653. The lowest BCUT2D eigenvalue weighted by atomic mass is 10.1. The zero-order valence-electron chi connectivity index (χ0n) is 13.3. The van der Waals surface area contributed by atoms with E-state index in [1.807, 2.05) is 48.9 Å². The summed E-state index contributed by atoms with van der Waals surface area (Å²) < 4.78 is 1.99. The highest BCUT2D eigenvalue weighted by Gasteiger charge is 2.16. The Morgan fingerprint density at radius 3 is 2.55 bits per heavy atom. The third-order valence-electron chi connectivity index (χ3n) is 3.78. The first-order valence-corrected chi connectivity index (χ1v) is 7.91. The minimum absolute atomic E-state index is 0.00352. The number of carbonyl (C=O) groups is 1. The molecule has 0 aliphatic rings. The van der Waals surface area contributed by atoms with Gasteiger partial charge in [-0.05, 0) is 37.1 Å². The van der Waals surface area contributed by atoms with Crippen molar-refractivity contribution in [2.75, 3.05) is 0 Å². The molecule has 0 fully saturated rings. The molecule has 0 unspecified atom stereocenters. The zero-order valence-corrected chi connectivity index (χ0v) is 14.0. The summed E-state index contributed by atoms with van der Waals surface area (Å²) in [5.74, 6) is 0.00352. The summed E-state index contributed by atoms with van der Waals surface area (Å²) in [6.45, 7) is 6.42. The van der Waals surface area contributed by atoms with Crippen LogP contribution in [0.4, 0.5) is 0 Å². The summed E-state index contributed by atoms with van der Waals surface area (Å²) in [7, 11) is 0. The quantitative estimate of drug-likeness (QED) is 0.843. The fourth-order valence-corrected chi connectivity index (χ4v) is 2.45. The van der Waals surface area contributed by atoms with Gasteiger partial charge in [0.15, 0.2) is 11.9 Å². The maximum Gasteiger partial charge on any atom is 0.286 e. The fraction of sp³-hybridized carbons (Fsp3) is 0.333. The minimum atomic E-state index is -0.0416. The van der Waals surface area contributed by atoms with Crippen molar-refractivity contribution >= 4 is 17.5 Å². The van der Waals surface area contributed by atoms with Crippen molar-refractivity contribution in [2.45, 2.75) is 39.8 Å². The molecule has 2 aromatic rings. The lowest BCUT2D eigenvalue weighted by molar-refractivity contribution is -0.690. The van der Waals surface area contributed by atoms with Gasteiger partial charge in [0.05, 0.1) is 6.04 Å². The van der Waals surface area contributed by atoms with Crippen molar-refractivity contribution in [3.8, 4) is 0 Å². The van der Waals surface area contributed by atoms with Crippen molar-refractivity contribution in [3.05, 3.63) is 64.4 Å². The molecule has 4 heteroatoms. The third kappa shape index (κ3) is 4.31. The van der Waals surface area contributed by atoms with Crippen molar-refractivity contribution < 1.29 is 9.36 Å². The van der Waals surface area contributed by atoms with Gasteiger partial charge in [-0.1, -0.05) is 30.7 Å². The number of pyridine rings is 1. The number of hydrogen-bond donors (Lipinski definition) is 1. The molecular weight excluding hydrogens is 296 g/mol. The van der Waals surface area contributed by atoms with Gasteiger partial charge in [0.25, 0.3) is 5.91 Å². The molecule has 1 atom stereocenters. The van der Waals surface area contributed by atoms with E-state index in [1.54, 1.807) is 0 Å². The molecule has 22 heavy (non-hydrogen) atoms. The summed E-state index contributed by atoms with van der Waals surface area (Å²) in [6.07, 6.45) is 3.00. The van der Waals surface area contributed by atoms with Crippen LogP contribution in [0.3, 0.4) is 0 Å². The Balaban J connectivity index is 2.02. The van der Waals surface area contributed by atoms with Crippen LogP contribution in [0.2, 0.25) is 5.02 Å². The first kappa shape index (κ1) is 16.5. The van der Waals surface area contributed by atoms with Crippen molar-refractivity contribution in [2.24, 2.45) is 0 Å². The molecule has 1 N–H and O–H groups in total. The van der Waals surface area contributed by atoms with E-state index in [2.05, 4.69) is 24.4 Å². The monoisotopic (exact) mass is 317 g/mol. The predicted molar refractivity (Wildman–Crippen MR) is 88.8 cm³/mol. The van der Waals surface area contributed by atoms with E-state index >= 15 is 0 Å². The van der Waals surface area contributed by atoms with Gasteiger partial charge >= 0.3 is 0 Å². The van der Waals surface area contributed by atoms with Crippen LogP contribution < -0.4 is 9.88 Å². The van der Waals surface area contributed by atoms with Crippen LogP contribution in [-0.4, -0.2) is 5.91 Å². The maximum atomic E-state index is 12.3. The standard InChI is InChI=1S/C18H21ClN2O/c1-4-15-6-5-13(2)21(11-15)12-18(22)20-14(3)16-7-9-17(19)10-8-16/h5-11,14H,4,12H2,1-3H3/p+1/t14-/m0/s1. The molecule has 2 rings (SSSR count). The third-order valence-corrected chi connectivity index (χ3v) is 4.03.